The summed E-state index contributed by atoms with van der Waals surface area (Å²) in [5, 5.41) is 0. The van der Waals surface area contributed by atoms with E-state index in [0.717, 1.165) is 28.6 Å². The second-order valence-electron chi connectivity index (χ2n) is 5.39. The van der Waals surface area contributed by atoms with E-state index in [9.17, 15) is 4.79 Å². The first kappa shape index (κ1) is 14.1. The van der Waals surface area contributed by atoms with Crippen LogP contribution >= 0.6 is 15.9 Å². The average molecular weight is 345 g/mol. The van der Waals surface area contributed by atoms with Crippen LogP contribution in [0.25, 0.3) is 0 Å². The molecule has 108 valence electrons. The van der Waals surface area contributed by atoms with Gasteiger partial charge in [-0.05, 0) is 58.6 Å². The van der Waals surface area contributed by atoms with Crippen molar-refractivity contribution in [3.05, 3.63) is 64.1 Å². The highest BCUT2D eigenvalue weighted by Gasteiger charge is 2.33. The zero-order chi connectivity index (χ0) is 14.8. The van der Waals surface area contributed by atoms with Crippen LogP contribution in [-0.4, -0.2) is 16.8 Å². The Labute approximate surface area is 132 Å². The maximum absolute atomic E-state index is 12.8. The smallest absolute Gasteiger partial charge is 0.255 e. The van der Waals surface area contributed by atoms with Gasteiger partial charge in [-0.1, -0.05) is 24.3 Å². The zero-order valence-electron chi connectivity index (χ0n) is 11.6. The third-order valence-electron chi connectivity index (χ3n) is 3.66. The van der Waals surface area contributed by atoms with Crippen LogP contribution in [0, 0.1) is 0 Å². The SMILES string of the molecule is Nc1cccc(CN(C(=O)c2ccccc2Br)C2CC2)c1. The fourth-order valence-electron chi connectivity index (χ4n) is 2.43. The molecule has 0 bridgehead atoms. The number of nitrogens with two attached hydrogens (primary N) is 1. The van der Waals surface area contributed by atoms with E-state index in [0.29, 0.717) is 18.2 Å². The maximum Gasteiger partial charge on any atom is 0.255 e. The van der Waals surface area contributed by atoms with Gasteiger partial charge in [0.25, 0.3) is 5.91 Å². The second kappa shape index (κ2) is 5.90. The van der Waals surface area contributed by atoms with E-state index < -0.39 is 0 Å². The first-order valence-corrected chi connectivity index (χ1v) is 7.84. The predicted octanol–water partition coefficient (Wildman–Crippen LogP) is 3.84. The van der Waals surface area contributed by atoms with E-state index >= 15 is 0 Å². The standard InChI is InChI=1S/C17H17BrN2O/c18-16-7-2-1-6-15(16)17(21)20(14-8-9-14)11-12-4-3-5-13(19)10-12/h1-7,10,14H,8-9,11,19H2. The fourth-order valence-corrected chi connectivity index (χ4v) is 2.88. The molecular formula is C17H17BrN2O. The molecule has 1 aliphatic carbocycles. The van der Waals surface area contributed by atoms with E-state index in [2.05, 4.69) is 15.9 Å². The van der Waals surface area contributed by atoms with E-state index in [1.807, 2.05) is 53.4 Å². The van der Waals surface area contributed by atoms with Gasteiger partial charge in [0, 0.05) is 22.7 Å². The maximum atomic E-state index is 12.8. The van der Waals surface area contributed by atoms with Crippen molar-refractivity contribution in [1.82, 2.24) is 4.90 Å². The molecule has 1 fully saturated rings. The molecule has 21 heavy (non-hydrogen) atoms. The highest BCUT2D eigenvalue weighted by Crippen LogP contribution is 2.31. The number of anilines is 1. The van der Waals surface area contributed by atoms with E-state index in [-0.39, 0.29) is 5.91 Å². The minimum Gasteiger partial charge on any atom is -0.399 e. The number of carbonyl (C=O) groups excluding carboxylic acids is 1. The highest BCUT2D eigenvalue weighted by molar-refractivity contribution is 9.10. The van der Waals surface area contributed by atoms with Crippen LogP contribution in [0.3, 0.4) is 0 Å². The predicted molar refractivity (Wildman–Crippen MR) is 87.9 cm³/mol. The number of nitrogens with zero attached hydrogens (tertiary/aromatic N) is 1. The lowest BCUT2D eigenvalue weighted by molar-refractivity contribution is 0.0729. The molecule has 0 atom stereocenters. The van der Waals surface area contributed by atoms with Crippen molar-refractivity contribution in [2.24, 2.45) is 0 Å². The molecule has 3 nitrogen and oxygen atoms in total. The van der Waals surface area contributed by atoms with E-state index in [1.165, 1.54) is 0 Å². The van der Waals surface area contributed by atoms with Gasteiger partial charge in [-0.25, -0.2) is 0 Å². The van der Waals surface area contributed by atoms with Gasteiger partial charge in [0.05, 0.1) is 5.56 Å². The van der Waals surface area contributed by atoms with Crippen molar-refractivity contribution in [1.29, 1.82) is 0 Å². The third kappa shape index (κ3) is 3.27. The van der Waals surface area contributed by atoms with Crippen molar-refractivity contribution < 1.29 is 4.79 Å². The minimum atomic E-state index is 0.0763. The summed E-state index contributed by atoms with van der Waals surface area (Å²) < 4.78 is 0.841. The lowest BCUT2D eigenvalue weighted by atomic mass is 10.1. The van der Waals surface area contributed by atoms with Crippen molar-refractivity contribution in [2.75, 3.05) is 5.73 Å². The Morgan fingerprint density at radius 1 is 1.19 bits per heavy atom. The molecule has 0 aliphatic heterocycles. The molecule has 2 aromatic rings. The molecule has 3 rings (SSSR count). The molecule has 2 aromatic carbocycles. The lowest BCUT2D eigenvalue weighted by Gasteiger charge is -2.23. The molecular weight excluding hydrogens is 328 g/mol. The summed E-state index contributed by atoms with van der Waals surface area (Å²) in [5.41, 5.74) is 8.35. The van der Waals surface area contributed by atoms with Crippen LogP contribution in [-0.2, 0) is 6.54 Å². The monoisotopic (exact) mass is 344 g/mol. The van der Waals surface area contributed by atoms with Gasteiger partial charge in [0.15, 0.2) is 0 Å². The molecule has 0 unspecified atom stereocenters. The van der Waals surface area contributed by atoms with Crippen LogP contribution < -0.4 is 5.73 Å². The van der Waals surface area contributed by atoms with Gasteiger partial charge in [-0.2, -0.15) is 0 Å². The molecule has 0 saturated heterocycles. The molecule has 1 aliphatic rings. The summed E-state index contributed by atoms with van der Waals surface area (Å²) >= 11 is 3.46. The second-order valence-corrected chi connectivity index (χ2v) is 6.24. The van der Waals surface area contributed by atoms with Crippen LogP contribution in [0.4, 0.5) is 5.69 Å². The van der Waals surface area contributed by atoms with Crippen molar-refractivity contribution in [2.45, 2.75) is 25.4 Å². The number of nitrogen functional groups attached to an aromatic ring is 1. The largest absolute Gasteiger partial charge is 0.399 e. The van der Waals surface area contributed by atoms with Gasteiger partial charge >= 0.3 is 0 Å². The Morgan fingerprint density at radius 2 is 1.95 bits per heavy atom. The summed E-state index contributed by atoms with van der Waals surface area (Å²) in [5.74, 6) is 0.0763. The molecule has 0 radical (unpaired) electrons. The quantitative estimate of drug-likeness (QED) is 0.856. The first-order valence-electron chi connectivity index (χ1n) is 7.05. The van der Waals surface area contributed by atoms with Crippen LogP contribution in [0.1, 0.15) is 28.8 Å². The first-order chi connectivity index (χ1) is 10.1. The topological polar surface area (TPSA) is 46.3 Å². The van der Waals surface area contributed by atoms with Crippen molar-refractivity contribution in [3.8, 4) is 0 Å². The normalized spacial score (nSPS) is 14.0. The van der Waals surface area contributed by atoms with Gasteiger partial charge in [-0.3, -0.25) is 4.79 Å². The van der Waals surface area contributed by atoms with Crippen LogP contribution in [0.15, 0.2) is 53.0 Å². The molecule has 0 aromatic heterocycles. The van der Waals surface area contributed by atoms with Crippen LogP contribution in [0.5, 0.6) is 0 Å². The number of amides is 1. The summed E-state index contributed by atoms with van der Waals surface area (Å²) in [4.78, 5) is 14.8. The third-order valence-corrected chi connectivity index (χ3v) is 4.35. The van der Waals surface area contributed by atoms with E-state index in [4.69, 9.17) is 5.73 Å². The fraction of sp³-hybridized carbons (Fsp3) is 0.235. The Morgan fingerprint density at radius 3 is 2.62 bits per heavy atom. The zero-order valence-corrected chi connectivity index (χ0v) is 13.2. The number of hydrogen-bond acceptors (Lipinski definition) is 2. The number of rotatable bonds is 4. The summed E-state index contributed by atoms with van der Waals surface area (Å²) in [6, 6.07) is 15.7. The molecule has 1 amide bonds. The summed E-state index contributed by atoms with van der Waals surface area (Å²) in [6.45, 7) is 0.607. The molecule has 4 heteroatoms. The Bertz CT molecular complexity index is 667. The highest BCUT2D eigenvalue weighted by atomic mass is 79.9. The van der Waals surface area contributed by atoms with Crippen molar-refractivity contribution >= 4 is 27.5 Å². The number of halogens is 1. The van der Waals surface area contributed by atoms with Crippen molar-refractivity contribution in [3.63, 3.8) is 0 Å². The molecule has 0 heterocycles. The lowest BCUT2D eigenvalue weighted by Crippen LogP contribution is -2.32. The van der Waals surface area contributed by atoms with E-state index in [1.54, 1.807) is 0 Å². The Hall–Kier alpha value is -1.81. The Balaban J connectivity index is 1.85. The summed E-state index contributed by atoms with van der Waals surface area (Å²) in [6.07, 6.45) is 2.16. The minimum absolute atomic E-state index is 0.0763. The number of carbonyl (C=O) groups is 1. The molecule has 1 saturated carbocycles. The Kier molecular flexibility index (Phi) is 3.97. The van der Waals surface area contributed by atoms with Crippen LogP contribution in [0.2, 0.25) is 0 Å². The van der Waals surface area contributed by atoms with Gasteiger partial charge in [0.1, 0.15) is 0 Å². The van der Waals surface area contributed by atoms with Gasteiger partial charge < -0.3 is 10.6 Å². The van der Waals surface area contributed by atoms with Gasteiger partial charge in [-0.15, -0.1) is 0 Å². The molecule has 0 spiro atoms. The number of benzene rings is 2. The van der Waals surface area contributed by atoms with Gasteiger partial charge in [0.2, 0.25) is 0 Å². The number of hydrogen-bond donors (Lipinski definition) is 1. The summed E-state index contributed by atoms with van der Waals surface area (Å²) in [7, 11) is 0. The molecule has 2 N–H and O–H groups in total. The average Bonchev–Trinajstić information content (AvgIpc) is 3.29.